The van der Waals surface area contributed by atoms with Crippen molar-refractivity contribution in [2.24, 2.45) is 5.92 Å². The van der Waals surface area contributed by atoms with Crippen LogP contribution in [0.25, 0.3) is 0 Å². The Bertz CT molecular complexity index is 576. The van der Waals surface area contributed by atoms with Crippen molar-refractivity contribution in [3.63, 3.8) is 0 Å². The molecular weight excluding hydrogens is 262 g/mol. The fourth-order valence-electron chi connectivity index (χ4n) is 3.44. The minimum Gasteiger partial charge on any atom is -0.310 e. The third kappa shape index (κ3) is 3.43. The van der Waals surface area contributed by atoms with Crippen LogP contribution in [0.5, 0.6) is 0 Å². The molecule has 0 spiro atoms. The molecule has 1 atom stereocenters. The van der Waals surface area contributed by atoms with E-state index in [-0.39, 0.29) is 5.56 Å². The van der Waals surface area contributed by atoms with Crippen LogP contribution in [0, 0.1) is 5.92 Å². The average molecular weight is 287 g/mol. The highest BCUT2D eigenvalue weighted by Gasteiger charge is 2.23. The second-order valence-corrected chi connectivity index (χ2v) is 6.32. The molecule has 2 aliphatic rings. The van der Waals surface area contributed by atoms with Gasteiger partial charge in [0.2, 0.25) is 0 Å². The Morgan fingerprint density at radius 1 is 1.43 bits per heavy atom. The van der Waals surface area contributed by atoms with Crippen molar-refractivity contribution >= 4 is 0 Å². The van der Waals surface area contributed by atoms with Gasteiger partial charge in [-0.25, -0.2) is 4.98 Å². The first-order valence-electron chi connectivity index (χ1n) is 8.24. The Balaban J connectivity index is 1.71. The maximum Gasteiger partial charge on any atom is 0.254 e. The van der Waals surface area contributed by atoms with Gasteiger partial charge < -0.3 is 4.98 Å². The number of aryl methyl sites for hydroxylation is 1. The average Bonchev–Trinajstić information content (AvgIpc) is 2.48. The number of aromatic amines is 1. The highest BCUT2D eigenvalue weighted by atomic mass is 16.1. The van der Waals surface area contributed by atoms with Gasteiger partial charge in [-0.2, -0.15) is 0 Å². The van der Waals surface area contributed by atoms with Crippen LogP contribution in [0.2, 0.25) is 0 Å². The third-order valence-corrected chi connectivity index (χ3v) is 4.58. The van der Waals surface area contributed by atoms with Gasteiger partial charge >= 0.3 is 0 Å². The van der Waals surface area contributed by atoms with E-state index in [0.717, 1.165) is 61.9 Å². The molecule has 1 N–H and O–H groups in total. The smallest absolute Gasteiger partial charge is 0.254 e. The highest BCUT2D eigenvalue weighted by Crippen LogP contribution is 2.22. The lowest BCUT2D eigenvalue weighted by molar-refractivity contribution is 0.202. The number of fused-ring (bicyclic) bond motifs is 1. The molecule has 0 bridgehead atoms. The van der Waals surface area contributed by atoms with Crippen molar-refractivity contribution < 1.29 is 0 Å². The zero-order valence-electron chi connectivity index (χ0n) is 12.9. The van der Waals surface area contributed by atoms with Crippen LogP contribution in [0.1, 0.15) is 49.7 Å². The number of hydrogen-bond acceptors (Lipinski definition) is 3. The van der Waals surface area contributed by atoms with Crippen LogP contribution in [-0.2, 0) is 19.4 Å². The third-order valence-electron chi connectivity index (χ3n) is 4.58. The van der Waals surface area contributed by atoms with Crippen molar-refractivity contribution in [3.8, 4) is 0 Å². The standard InChI is InChI=1S/C17H25N3O/c1-2-6-16-18-15-12-20(10-9-14(15)17(21)19-16)11-13-7-4-3-5-8-13/h3-4,13H,2,5-12H2,1H3,(H,18,19,21). The predicted octanol–water partition coefficient (Wildman–Crippen LogP) is 2.44. The van der Waals surface area contributed by atoms with Crippen molar-refractivity contribution in [1.29, 1.82) is 0 Å². The molecule has 0 fully saturated rings. The van der Waals surface area contributed by atoms with Gasteiger partial charge in [-0.15, -0.1) is 0 Å². The summed E-state index contributed by atoms with van der Waals surface area (Å²) in [6.07, 6.45) is 11.0. The summed E-state index contributed by atoms with van der Waals surface area (Å²) in [5.74, 6) is 1.62. The lowest BCUT2D eigenvalue weighted by atomic mass is 9.93. The zero-order valence-corrected chi connectivity index (χ0v) is 12.9. The predicted molar refractivity (Wildman–Crippen MR) is 84.3 cm³/mol. The summed E-state index contributed by atoms with van der Waals surface area (Å²) >= 11 is 0. The van der Waals surface area contributed by atoms with E-state index in [1.54, 1.807) is 0 Å². The van der Waals surface area contributed by atoms with Gasteiger partial charge in [0.15, 0.2) is 0 Å². The molecule has 3 rings (SSSR count). The van der Waals surface area contributed by atoms with E-state index < -0.39 is 0 Å². The number of aromatic nitrogens is 2. The van der Waals surface area contributed by atoms with Crippen LogP contribution in [0.3, 0.4) is 0 Å². The van der Waals surface area contributed by atoms with E-state index in [1.807, 2.05) is 0 Å². The molecule has 2 heterocycles. The van der Waals surface area contributed by atoms with E-state index >= 15 is 0 Å². The molecule has 0 radical (unpaired) electrons. The first-order valence-corrected chi connectivity index (χ1v) is 8.24. The minimum atomic E-state index is 0.0868. The van der Waals surface area contributed by atoms with Gasteiger partial charge in [-0.3, -0.25) is 9.69 Å². The maximum atomic E-state index is 12.1. The molecule has 1 aliphatic carbocycles. The second kappa shape index (κ2) is 6.56. The fraction of sp³-hybridized carbons (Fsp3) is 0.647. The zero-order chi connectivity index (χ0) is 14.7. The van der Waals surface area contributed by atoms with E-state index in [1.165, 1.54) is 19.3 Å². The lowest BCUT2D eigenvalue weighted by Gasteiger charge is -2.31. The molecule has 0 amide bonds. The number of H-pyrrole nitrogens is 1. The summed E-state index contributed by atoms with van der Waals surface area (Å²) in [5.41, 5.74) is 2.01. The molecule has 114 valence electrons. The molecule has 0 aromatic carbocycles. The first-order chi connectivity index (χ1) is 10.3. The van der Waals surface area contributed by atoms with Crippen molar-refractivity contribution in [2.75, 3.05) is 13.1 Å². The summed E-state index contributed by atoms with van der Waals surface area (Å²) in [6.45, 7) is 5.09. The number of hydrogen-bond donors (Lipinski definition) is 1. The molecule has 4 heteroatoms. The van der Waals surface area contributed by atoms with Gasteiger partial charge in [0, 0.05) is 31.6 Å². The maximum absolute atomic E-state index is 12.1. The van der Waals surface area contributed by atoms with Crippen LogP contribution < -0.4 is 5.56 Å². The number of nitrogens with one attached hydrogen (secondary N) is 1. The van der Waals surface area contributed by atoms with Gasteiger partial charge in [0.25, 0.3) is 5.56 Å². The second-order valence-electron chi connectivity index (χ2n) is 6.32. The molecule has 1 aromatic rings. The molecule has 21 heavy (non-hydrogen) atoms. The minimum absolute atomic E-state index is 0.0868. The molecule has 0 saturated heterocycles. The molecule has 1 aliphatic heterocycles. The Morgan fingerprint density at radius 3 is 3.10 bits per heavy atom. The summed E-state index contributed by atoms with van der Waals surface area (Å²) in [4.78, 5) is 22.2. The lowest BCUT2D eigenvalue weighted by Crippen LogP contribution is -2.38. The van der Waals surface area contributed by atoms with Gasteiger partial charge in [0.05, 0.1) is 5.69 Å². The normalized spacial score (nSPS) is 22.2. The number of nitrogens with zero attached hydrogens (tertiary/aromatic N) is 2. The SMILES string of the molecule is CCCc1nc2c(c(=O)[nH]1)CCN(CC1CC=CCC1)C2. The van der Waals surface area contributed by atoms with Crippen LogP contribution in [0.4, 0.5) is 0 Å². The largest absolute Gasteiger partial charge is 0.310 e. The van der Waals surface area contributed by atoms with Crippen molar-refractivity contribution in [1.82, 2.24) is 14.9 Å². The monoisotopic (exact) mass is 287 g/mol. The Hall–Kier alpha value is -1.42. The Kier molecular flexibility index (Phi) is 4.54. The molecule has 1 unspecified atom stereocenters. The molecule has 4 nitrogen and oxygen atoms in total. The number of rotatable bonds is 4. The summed E-state index contributed by atoms with van der Waals surface area (Å²) < 4.78 is 0. The molecular formula is C17H25N3O. The molecule has 0 saturated carbocycles. The summed E-state index contributed by atoms with van der Waals surface area (Å²) in [7, 11) is 0. The highest BCUT2D eigenvalue weighted by molar-refractivity contribution is 5.21. The van der Waals surface area contributed by atoms with E-state index in [4.69, 9.17) is 4.98 Å². The van der Waals surface area contributed by atoms with Crippen LogP contribution in [0.15, 0.2) is 16.9 Å². The van der Waals surface area contributed by atoms with E-state index in [0.29, 0.717) is 0 Å². The quantitative estimate of drug-likeness (QED) is 0.865. The Labute approximate surface area is 126 Å². The first kappa shape index (κ1) is 14.5. The van der Waals surface area contributed by atoms with Gasteiger partial charge in [-0.05, 0) is 38.0 Å². The number of allylic oxidation sites excluding steroid dienone is 2. The van der Waals surface area contributed by atoms with Gasteiger partial charge in [-0.1, -0.05) is 19.1 Å². The van der Waals surface area contributed by atoms with Gasteiger partial charge in [0.1, 0.15) is 5.82 Å². The van der Waals surface area contributed by atoms with E-state index in [2.05, 4.69) is 29.0 Å². The van der Waals surface area contributed by atoms with Crippen molar-refractivity contribution in [2.45, 2.75) is 52.0 Å². The summed E-state index contributed by atoms with van der Waals surface area (Å²) in [6, 6.07) is 0. The summed E-state index contributed by atoms with van der Waals surface area (Å²) in [5, 5.41) is 0. The molecule has 1 aromatic heterocycles. The van der Waals surface area contributed by atoms with E-state index in [9.17, 15) is 4.79 Å². The van der Waals surface area contributed by atoms with Crippen molar-refractivity contribution in [3.05, 3.63) is 39.6 Å². The van der Waals surface area contributed by atoms with Crippen LogP contribution >= 0.6 is 0 Å². The van der Waals surface area contributed by atoms with Crippen LogP contribution in [-0.4, -0.2) is 28.0 Å². The topological polar surface area (TPSA) is 49.0 Å². The Morgan fingerprint density at radius 2 is 2.33 bits per heavy atom. The fourth-order valence-corrected chi connectivity index (χ4v) is 3.44.